The molecule has 96 valence electrons. The van der Waals surface area contributed by atoms with E-state index in [1.165, 1.54) is 0 Å². The van der Waals surface area contributed by atoms with Crippen LogP contribution in [-0.4, -0.2) is 23.2 Å². The molecule has 3 rings (SSSR count). The van der Waals surface area contributed by atoms with Crippen LogP contribution in [0.15, 0.2) is 35.6 Å². The van der Waals surface area contributed by atoms with Crippen molar-refractivity contribution in [1.29, 1.82) is 0 Å². The maximum Gasteiger partial charge on any atom is 0.230 e. The Morgan fingerprint density at radius 1 is 1.16 bits per heavy atom. The topological polar surface area (TPSA) is 59.2 Å². The second-order valence-electron chi connectivity index (χ2n) is 4.47. The molecular weight excluding hydrogens is 242 g/mol. The monoisotopic (exact) mass is 255 g/mol. The van der Waals surface area contributed by atoms with Crippen LogP contribution in [0.25, 0.3) is 10.9 Å². The Morgan fingerprint density at radius 3 is 2.63 bits per heavy atom. The summed E-state index contributed by atoms with van der Waals surface area (Å²) in [6.07, 6.45) is 0. The fourth-order valence-corrected chi connectivity index (χ4v) is 2.44. The lowest BCUT2D eigenvalue weighted by Crippen LogP contribution is -2.22. The van der Waals surface area contributed by atoms with Gasteiger partial charge in [0.05, 0.1) is 17.9 Å². The van der Waals surface area contributed by atoms with E-state index < -0.39 is 0 Å². The van der Waals surface area contributed by atoms with Crippen molar-refractivity contribution in [3.63, 3.8) is 0 Å². The summed E-state index contributed by atoms with van der Waals surface area (Å²) in [5.74, 6) is -0.217. The molecule has 0 fully saturated rings. The van der Waals surface area contributed by atoms with Gasteiger partial charge in [-0.1, -0.05) is 18.2 Å². The van der Waals surface area contributed by atoms with E-state index >= 15 is 0 Å². The number of hydrogen-bond donors (Lipinski definition) is 1. The molecule has 0 bridgehead atoms. The first-order valence-corrected chi connectivity index (χ1v) is 6.19. The van der Waals surface area contributed by atoms with Gasteiger partial charge >= 0.3 is 0 Å². The van der Waals surface area contributed by atoms with Crippen molar-refractivity contribution in [3.8, 4) is 0 Å². The standard InChI is InChI=1S/C15H13NO3/c1-3-19-15-8(2)13(17)12-11(14(15)18)9-6-4-5-7-10(9)16-12/h4-7,16H,3H2,1-2H3. The van der Waals surface area contributed by atoms with E-state index in [2.05, 4.69) is 4.98 Å². The van der Waals surface area contributed by atoms with Gasteiger partial charge in [0.15, 0.2) is 5.76 Å². The second-order valence-corrected chi connectivity index (χ2v) is 4.47. The fourth-order valence-electron chi connectivity index (χ4n) is 2.44. The molecular formula is C15H13NO3. The Hall–Kier alpha value is -2.36. The van der Waals surface area contributed by atoms with E-state index in [1.54, 1.807) is 13.8 Å². The molecule has 0 atom stereocenters. The molecule has 19 heavy (non-hydrogen) atoms. The number of H-pyrrole nitrogens is 1. The van der Waals surface area contributed by atoms with Crippen molar-refractivity contribution in [1.82, 2.24) is 4.98 Å². The zero-order valence-corrected chi connectivity index (χ0v) is 10.7. The quantitative estimate of drug-likeness (QED) is 0.897. The first kappa shape index (κ1) is 11.7. The number of para-hydroxylation sites is 1. The molecule has 2 aromatic rings. The molecule has 0 saturated heterocycles. The molecule has 0 aliphatic heterocycles. The van der Waals surface area contributed by atoms with Crippen molar-refractivity contribution in [2.45, 2.75) is 13.8 Å². The van der Waals surface area contributed by atoms with Gasteiger partial charge in [-0.15, -0.1) is 0 Å². The van der Waals surface area contributed by atoms with E-state index in [4.69, 9.17) is 4.74 Å². The van der Waals surface area contributed by atoms with Gasteiger partial charge in [0, 0.05) is 16.5 Å². The molecule has 0 spiro atoms. The third-order valence-corrected chi connectivity index (χ3v) is 3.34. The smallest absolute Gasteiger partial charge is 0.230 e. The molecule has 1 aromatic heterocycles. The zero-order chi connectivity index (χ0) is 13.6. The van der Waals surface area contributed by atoms with Crippen molar-refractivity contribution >= 4 is 22.5 Å². The third-order valence-electron chi connectivity index (χ3n) is 3.34. The van der Waals surface area contributed by atoms with Crippen LogP contribution >= 0.6 is 0 Å². The minimum Gasteiger partial charge on any atom is -0.489 e. The normalized spacial score (nSPS) is 15.1. The zero-order valence-electron chi connectivity index (χ0n) is 10.7. The van der Waals surface area contributed by atoms with Crippen LogP contribution in [0.4, 0.5) is 0 Å². The number of benzene rings is 1. The Kier molecular flexibility index (Phi) is 2.52. The van der Waals surface area contributed by atoms with Crippen molar-refractivity contribution in [2.24, 2.45) is 0 Å². The van der Waals surface area contributed by atoms with Crippen molar-refractivity contribution < 1.29 is 14.3 Å². The number of allylic oxidation sites excluding steroid dienone is 2. The van der Waals surface area contributed by atoms with Gasteiger partial charge in [0.2, 0.25) is 11.6 Å². The van der Waals surface area contributed by atoms with Crippen LogP contribution in [-0.2, 0) is 4.74 Å². The number of nitrogens with one attached hydrogen (secondary N) is 1. The minimum absolute atomic E-state index is 0.171. The van der Waals surface area contributed by atoms with Gasteiger partial charge in [0.25, 0.3) is 0 Å². The highest BCUT2D eigenvalue weighted by molar-refractivity contribution is 6.29. The number of carbonyl (C=O) groups is 2. The Balaban J connectivity index is 2.30. The molecule has 1 aliphatic rings. The number of aromatic nitrogens is 1. The summed E-state index contributed by atoms with van der Waals surface area (Å²) in [4.78, 5) is 27.8. The van der Waals surface area contributed by atoms with Crippen LogP contribution in [0.3, 0.4) is 0 Å². The molecule has 4 nitrogen and oxygen atoms in total. The van der Waals surface area contributed by atoms with E-state index in [1.807, 2.05) is 24.3 Å². The predicted octanol–water partition coefficient (Wildman–Crippen LogP) is 2.86. The number of fused-ring (bicyclic) bond motifs is 3. The molecule has 0 saturated carbocycles. The van der Waals surface area contributed by atoms with E-state index in [0.29, 0.717) is 23.4 Å². The average molecular weight is 255 g/mol. The SMILES string of the molecule is CCOC1=C(C)C(=O)c2[nH]c3ccccc3c2C1=O. The van der Waals surface area contributed by atoms with E-state index in [0.717, 1.165) is 10.9 Å². The number of ketones is 2. The summed E-state index contributed by atoms with van der Waals surface area (Å²) in [7, 11) is 0. The van der Waals surface area contributed by atoms with E-state index in [-0.39, 0.29) is 17.3 Å². The number of rotatable bonds is 2. The first-order chi connectivity index (χ1) is 9.15. The minimum atomic E-state index is -0.216. The maximum atomic E-state index is 12.5. The highest BCUT2D eigenvalue weighted by Gasteiger charge is 2.34. The van der Waals surface area contributed by atoms with Gasteiger partial charge in [-0.2, -0.15) is 0 Å². The lowest BCUT2D eigenvalue weighted by molar-refractivity contribution is 0.0881. The summed E-state index contributed by atoms with van der Waals surface area (Å²) in [5, 5.41) is 0.764. The van der Waals surface area contributed by atoms with Gasteiger partial charge in [0.1, 0.15) is 0 Å². The highest BCUT2D eigenvalue weighted by atomic mass is 16.5. The number of ether oxygens (including phenoxy) is 1. The molecule has 0 unspecified atom stereocenters. The lowest BCUT2D eigenvalue weighted by atomic mass is 9.92. The van der Waals surface area contributed by atoms with Crippen molar-refractivity contribution in [3.05, 3.63) is 46.9 Å². The Morgan fingerprint density at radius 2 is 1.89 bits per heavy atom. The summed E-state index contributed by atoms with van der Waals surface area (Å²) in [5.41, 5.74) is 1.95. The number of hydrogen-bond acceptors (Lipinski definition) is 3. The number of Topliss-reactive ketones (excluding diaryl/α,β-unsaturated/α-hetero) is 2. The summed E-state index contributed by atoms with van der Waals surface area (Å²) in [6.45, 7) is 3.78. The van der Waals surface area contributed by atoms with Gasteiger partial charge < -0.3 is 9.72 Å². The van der Waals surface area contributed by atoms with Gasteiger partial charge in [-0.3, -0.25) is 9.59 Å². The Bertz CT molecular complexity index is 737. The molecule has 1 aromatic carbocycles. The van der Waals surface area contributed by atoms with Gasteiger partial charge in [-0.05, 0) is 19.9 Å². The van der Waals surface area contributed by atoms with Crippen LogP contribution in [0.1, 0.15) is 34.7 Å². The number of carbonyl (C=O) groups excluding carboxylic acids is 2. The second kappa shape index (κ2) is 4.09. The molecule has 1 aliphatic carbocycles. The van der Waals surface area contributed by atoms with Crippen LogP contribution < -0.4 is 0 Å². The Labute approximate surface area is 110 Å². The molecule has 0 radical (unpaired) electrons. The maximum absolute atomic E-state index is 12.5. The largest absolute Gasteiger partial charge is 0.489 e. The van der Waals surface area contributed by atoms with Crippen LogP contribution in [0.5, 0.6) is 0 Å². The number of aromatic amines is 1. The summed E-state index contributed by atoms with van der Waals surface area (Å²) >= 11 is 0. The fraction of sp³-hybridized carbons (Fsp3) is 0.200. The predicted molar refractivity (Wildman–Crippen MR) is 71.3 cm³/mol. The van der Waals surface area contributed by atoms with Crippen LogP contribution in [0, 0.1) is 0 Å². The molecule has 4 heteroatoms. The van der Waals surface area contributed by atoms with Crippen LogP contribution in [0.2, 0.25) is 0 Å². The highest BCUT2D eigenvalue weighted by Crippen LogP contribution is 2.32. The molecule has 0 amide bonds. The summed E-state index contributed by atoms with van der Waals surface area (Å²) < 4.78 is 5.35. The average Bonchev–Trinajstić information content (AvgIpc) is 2.81. The first-order valence-electron chi connectivity index (χ1n) is 6.19. The van der Waals surface area contributed by atoms with E-state index in [9.17, 15) is 9.59 Å². The van der Waals surface area contributed by atoms with Gasteiger partial charge in [-0.25, -0.2) is 0 Å². The molecule has 1 N–H and O–H groups in total. The molecule has 1 heterocycles. The third kappa shape index (κ3) is 1.53. The summed E-state index contributed by atoms with van der Waals surface area (Å²) in [6, 6.07) is 7.40. The lowest BCUT2D eigenvalue weighted by Gasteiger charge is -2.16. The van der Waals surface area contributed by atoms with Crippen molar-refractivity contribution in [2.75, 3.05) is 6.61 Å².